The van der Waals surface area contributed by atoms with Crippen LogP contribution in [0.5, 0.6) is 0 Å². The predicted octanol–water partition coefficient (Wildman–Crippen LogP) is 3.54. The number of benzene rings is 2. The number of nitrogens with zero attached hydrogens (tertiary/aromatic N) is 5. The lowest BCUT2D eigenvalue weighted by atomic mass is 10.2. The van der Waals surface area contributed by atoms with Crippen LogP contribution in [0.15, 0.2) is 69.9 Å². The van der Waals surface area contributed by atoms with Crippen molar-refractivity contribution in [1.82, 2.24) is 19.5 Å². The number of carbonyl (C=O) groups excluding carboxylic acids is 1. The summed E-state index contributed by atoms with van der Waals surface area (Å²) in [5.74, 6) is 0.648. The van der Waals surface area contributed by atoms with E-state index in [0.29, 0.717) is 42.5 Å². The van der Waals surface area contributed by atoms with E-state index < -0.39 is 0 Å². The van der Waals surface area contributed by atoms with Gasteiger partial charge in [-0.2, -0.15) is 9.61 Å². The van der Waals surface area contributed by atoms with Gasteiger partial charge in [-0.05, 0) is 24.3 Å². The summed E-state index contributed by atoms with van der Waals surface area (Å²) >= 11 is 4.78. The number of anilines is 1. The van der Waals surface area contributed by atoms with Crippen LogP contribution in [-0.4, -0.2) is 51.6 Å². The zero-order valence-electron chi connectivity index (χ0n) is 16.4. The van der Waals surface area contributed by atoms with Crippen LogP contribution in [0.3, 0.4) is 0 Å². The third-order valence-electron chi connectivity index (χ3n) is 5.23. The molecule has 0 spiro atoms. The molecule has 0 bridgehead atoms. The molecule has 31 heavy (non-hydrogen) atoms. The average molecular weight is 496 g/mol. The number of aromatic nitrogens is 3. The Balaban J connectivity index is 1.34. The highest BCUT2D eigenvalue weighted by molar-refractivity contribution is 9.10. The van der Waals surface area contributed by atoms with E-state index in [9.17, 15) is 9.59 Å². The third-order valence-corrected chi connectivity index (χ3v) is 6.72. The van der Waals surface area contributed by atoms with E-state index in [1.54, 1.807) is 0 Å². The molecule has 3 heterocycles. The van der Waals surface area contributed by atoms with Gasteiger partial charge in [0.1, 0.15) is 10.8 Å². The molecule has 1 aliphatic rings. The van der Waals surface area contributed by atoms with Crippen LogP contribution in [0.25, 0.3) is 15.5 Å². The molecule has 2 aromatic heterocycles. The summed E-state index contributed by atoms with van der Waals surface area (Å²) in [7, 11) is 0. The van der Waals surface area contributed by atoms with Crippen molar-refractivity contribution >= 4 is 44.0 Å². The summed E-state index contributed by atoms with van der Waals surface area (Å²) < 4.78 is 2.30. The molecule has 156 valence electrons. The van der Waals surface area contributed by atoms with Crippen molar-refractivity contribution in [2.24, 2.45) is 0 Å². The molecule has 2 aromatic carbocycles. The van der Waals surface area contributed by atoms with Gasteiger partial charge in [0.15, 0.2) is 0 Å². The van der Waals surface area contributed by atoms with Crippen molar-refractivity contribution in [3.8, 4) is 10.6 Å². The van der Waals surface area contributed by atoms with Crippen LogP contribution in [0.4, 0.5) is 5.82 Å². The molecule has 7 nitrogen and oxygen atoms in total. The first-order valence-electron chi connectivity index (χ1n) is 9.85. The van der Waals surface area contributed by atoms with Crippen molar-refractivity contribution in [2.75, 3.05) is 31.1 Å². The summed E-state index contributed by atoms with van der Waals surface area (Å²) in [6.45, 7) is 2.40. The fourth-order valence-electron chi connectivity index (χ4n) is 3.57. The highest BCUT2D eigenvalue weighted by atomic mass is 79.9. The molecular formula is C22H18BrN5O2S. The molecule has 4 aromatic rings. The lowest BCUT2D eigenvalue weighted by molar-refractivity contribution is 0.0746. The van der Waals surface area contributed by atoms with Crippen LogP contribution >= 0.6 is 27.3 Å². The second-order valence-corrected chi connectivity index (χ2v) is 9.08. The topological polar surface area (TPSA) is 70.8 Å². The maximum absolute atomic E-state index is 12.7. The Morgan fingerprint density at radius 2 is 1.68 bits per heavy atom. The first kappa shape index (κ1) is 19.9. The smallest absolute Gasteiger partial charge is 0.277 e. The minimum Gasteiger partial charge on any atom is -0.353 e. The normalized spacial score (nSPS) is 14.2. The van der Waals surface area contributed by atoms with Gasteiger partial charge >= 0.3 is 0 Å². The van der Waals surface area contributed by atoms with Crippen LogP contribution in [0.2, 0.25) is 0 Å². The minimum atomic E-state index is -0.202. The van der Waals surface area contributed by atoms with Gasteiger partial charge < -0.3 is 9.80 Å². The van der Waals surface area contributed by atoms with Crippen LogP contribution in [0, 0.1) is 0 Å². The standard InChI is InChI=1S/C22H18BrN5O2S/c23-17-8-6-16(7-9-17)21(30)27-12-10-26(11-13-27)18-14-19(29)28-22(24-18)31-20(25-28)15-4-2-1-3-5-15/h1-9,14H,10-13H2. The molecule has 1 amide bonds. The number of hydrogen-bond donors (Lipinski definition) is 0. The van der Waals surface area contributed by atoms with E-state index in [1.165, 1.54) is 21.9 Å². The number of halogens is 1. The van der Waals surface area contributed by atoms with Gasteiger partial charge in [-0.25, -0.2) is 4.98 Å². The number of piperazine rings is 1. The fraction of sp³-hybridized carbons (Fsp3) is 0.182. The average Bonchev–Trinajstić information content (AvgIpc) is 3.25. The Hall–Kier alpha value is -3.04. The molecule has 0 saturated carbocycles. The van der Waals surface area contributed by atoms with Gasteiger partial charge in [0.05, 0.1) is 0 Å². The van der Waals surface area contributed by atoms with Crippen molar-refractivity contribution < 1.29 is 4.79 Å². The largest absolute Gasteiger partial charge is 0.353 e. The number of rotatable bonds is 3. The molecule has 0 aliphatic carbocycles. The summed E-state index contributed by atoms with van der Waals surface area (Å²) in [5, 5.41) is 5.19. The molecule has 1 fully saturated rings. The summed E-state index contributed by atoms with van der Waals surface area (Å²) in [6.07, 6.45) is 0. The SMILES string of the molecule is O=C(c1ccc(Br)cc1)N1CCN(c2cc(=O)n3nc(-c4ccccc4)sc3n2)CC1. The lowest BCUT2D eigenvalue weighted by Crippen LogP contribution is -2.49. The number of fused-ring (bicyclic) bond motifs is 1. The Morgan fingerprint density at radius 1 is 0.968 bits per heavy atom. The van der Waals surface area contributed by atoms with Crippen LogP contribution in [-0.2, 0) is 0 Å². The van der Waals surface area contributed by atoms with Gasteiger partial charge in [0.25, 0.3) is 11.5 Å². The quantitative estimate of drug-likeness (QED) is 0.434. The Labute approximate surface area is 190 Å². The fourth-order valence-corrected chi connectivity index (χ4v) is 4.74. The first-order chi connectivity index (χ1) is 15.1. The van der Waals surface area contributed by atoms with Crippen LogP contribution in [0.1, 0.15) is 10.4 Å². The van der Waals surface area contributed by atoms with Gasteiger partial charge in [-0.1, -0.05) is 57.6 Å². The van der Waals surface area contributed by atoms with Crippen molar-refractivity contribution in [1.29, 1.82) is 0 Å². The van der Waals surface area contributed by atoms with E-state index in [-0.39, 0.29) is 11.5 Å². The van der Waals surface area contributed by atoms with Gasteiger partial charge in [0.2, 0.25) is 4.96 Å². The van der Waals surface area contributed by atoms with E-state index >= 15 is 0 Å². The molecular weight excluding hydrogens is 478 g/mol. The van der Waals surface area contributed by atoms with Crippen molar-refractivity contribution in [2.45, 2.75) is 0 Å². The number of amides is 1. The maximum atomic E-state index is 12.7. The number of hydrogen-bond acceptors (Lipinski definition) is 6. The summed E-state index contributed by atoms with van der Waals surface area (Å²) in [6, 6.07) is 18.7. The zero-order valence-corrected chi connectivity index (χ0v) is 18.8. The molecule has 5 rings (SSSR count). The van der Waals surface area contributed by atoms with E-state index in [4.69, 9.17) is 0 Å². The van der Waals surface area contributed by atoms with E-state index in [2.05, 4.69) is 30.9 Å². The lowest BCUT2D eigenvalue weighted by Gasteiger charge is -2.35. The minimum absolute atomic E-state index is 0.0191. The maximum Gasteiger partial charge on any atom is 0.277 e. The number of carbonyl (C=O) groups is 1. The van der Waals surface area contributed by atoms with Gasteiger partial charge in [0, 0.05) is 47.8 Å². The monoisotopic (exact) mass is 495 g/mol. The predicted molar refractivity (Wildman–Crippen MR) is 125 cm³/mol. The first-order valence-corrected chi connectivity index (χ1v) is 11.5. The highest BCUT2D eigenvalue weighted by Gasteiger charge is 2.24. The molecule has 0 N–H and O–H groups in total. The van der Waals surface area contributed by atoms with Gasteiger partial charge in [-0.3, -0.25) is 9.59 Å². The second-order valence-electron chi connectivity index (χ2n) is 7.21. The van der Waals surface area contributed by atoms with E-state index in [1.807, 2.05) is 59.5 Å². The highest BCUT2D eigenvalue weighted by Crippen LogP contribution is 2.25. The third kappa shape index (κ3) is 3.98. The summed E-state index contributed by atoms with van der Waals surface area (Å²) in [5.41, 5.74) is 1.43. The molecule has 0 radical (unpaired) electrons. The Kier molecular flexibility index (Phi) is 5.29. The molecule has 1 aliphatic heterocycles. The Morgan fingerprint density at radius 3 is 2.39 bits per heavy atom. The molecule has 1 saturated heterocycles. The van der Waals surface area contributed by atoms with Crippen LogP contribution < -0.4 is 10.5 Å². The van der Waals surface area contributed by atoms with Crippen molar-refractivity contribution in [3.63, 3.8) is 0 Å². The Bertz CT molecular complexity index is 1300. The molecule has 0 atom stereocenters. The second kappa shape index (κ2) is 8.24. The summed E-state index contributed by atoms with van der Waals surface area (Å²) in [4.78, 5) is 34.5. The van der Waals surface area contributed by atoms with E-state index in [0.717, 1.165) is 15.0 Å². The van der Waals surface area contributed by atoms with Crippen molar-refractivity contribution in [3.05, 3.63) is 81.1 Å². The molecule has 0 unspecified atom stereocenters. The van der Waals surface area contributed by atoms with Gasteiger partial charge in [-0.15, -0.1) is 0 Å². The zero-order chi connectivity index (χ0) is 21.4. The molecule has 9 heteroatoms.